The van der Waals surface area contributed by atoms with Gasteiger partial charge in [0.15, 0.2) is 0 Å². The lowest BCUT2D eigenvalue weighted by molar-refractivity contribution is -0.131. The van der Waals surface area contributed by atoms with E-state index in [0.29, 0.717) is 18.0 Å². The number of rotatable bonds is 5. The summed E-state index contributed by atoms with van der Waals surface area (Å²) in [4.78, 5) is 26.4. The minimum atomic E-state index is -0.134. The molecule has 2 amide bonds. The molecule has 1 aromatic carbocycles. The second-order valence-corrected chi connectivity index (χ2v) is 7.76. The van der Waals surface area contributed by atoms with Crippen molar-refractivity contribution in [3.05, 3.63) is 34.9 Å². The van der Waals surface area contributed by atoms with Crippen molar-refractivity contribution in [1.82, 2.24) is 15.5 Å². The first-order valence-corrected chi connectivity index (χ1v) is 9.77. The smallest absolute Gasteiger partial charge is 0.240 e. The normalized spacial score (nSPS) is 23.5. The van der Waals surface area contributed by atoms with Crippen molar-refractivity contribution < 1.29 is 9.59 Å². The van der Waals surface area contributed by atoms with E-state index in [1.54, 1.807) is 11.8 Å². The highest BCUT2D eigenvalue weighted by atomic mass is 35.5. The van der Waals surface area contributed by atoms with Crippen LogP contribution < -0.4 is 10.6 Å². The van der Waals surface area contributed by atoms with E-state index < -0.39 is 0 Å². The van der Waals surface area contributed by atoms with Crippen molar-refractivity contribution in [2.45, 2.75) is 25.4 Å². The number of nitrogens with one attached hydrogen (secondary N) is 2. The molecular formula is C17H22ClN3O2S. The van der Waals surface area contributed by atoms with E-state index in [9.17, 15) is 9.59 Å². The van der Waals surface area contributed by atoms with Crippen molar-refractivity contribution in [1.29, 1.82) is 0 Å². The summed E-state index contributed by atoms with van der Waals surface area (Å²) in [6.45, 7) is 1.99. The van der Waals surface area contributed by atoms with Crippen molar-refractivity contribution in [3.63, 3.8) is 0 Å². The van der Waals surface area contributed by atoms with Crippen LogP contribution in [0.15, 0.2) is 24.3 Å². The molecule has 2 N–H and O–H groups in total. The molecule has 2 aliphatic heterocycles. The average Bonchev–Trinajstić information content (AvgIpc) is 3.25. The molecule has 2 fully saturated rings. The van der Waals surface area contributed by atoms with Gasteiger partial charge in [0.05, 0.1) is 11.9 Å². The third kappa shape index (κ3) is 4.43. The van der Waals surface area contributed by atoms with Crippen LogP contribution in [0.2, 0.25) is 5.02 Å². The Morgan fingerprint density at radius 1 is 1.38 bits per heavy atom. The minimum absolute atomic E-state index is 0.00606. The van der Waals surface area contributed by atoms with Crippen molar-refractivity contribution in [3.8, 4) is 0 Å². The van der Waals surface area contributed by atoms with E-state index in [1.165, 1.54) is 0 Å². The molecule has 2 saturated heterocycles. The number of hydrogen-bond donors (Lipinski definition) is 2. The van der Waals surface area contributed by atoms with Crippen LogP contribution in [0.1, 0.15) is 18.4 Å². The predicted molar refractivity (Wildman–Crippen MR) is 96.9 cm³/mol. The molecule has 5 nitrogen and oxygen atoms in total. The van der Waals surface area contributed by atoms with Crippen molar-refractivity contribution in [2.24, 2.45) is 5.92 Å². The zero-order valence-electron chi connectivity index (χ0n) is 13.5. The first-order chi connectivity index (χ1) is 11.6. The summed E-state index contributed by atoms with van der Waals surface area (Å²) < 4.78 is 0. The molecular weight excluding hydrogens is 346 g/mol. The quantitative estimate of drug-likeness (QED) is 0.833. The van der Waals surface area contributed by atoms with Crippen LogP contribution in [0.5, 0.6) is 0 Å². The average molecular weight is 368 g/mol. The molecule has 0 aromatic heterocycles. The van der Waals surface area contributed by atoms with Gasteiger partial charge in [0.1, 0.15) is 0 Å². The SMILES string of the molecule is O=C(CC1CN[C@H](C(=O)N2CCSC2)C1)NCc1ccccc1Cl. The Hall–Kier alpha value is -1.24. The van der Waals surface area contributed by atoms with Crippen LogP contribution in [0.4, 0.5) is 0 Å². The van der Waals surface area contributed by atoms with E-state index in [1.807, 2.05) is 29.2 Å². The molecule has 0 spiro atoms. The molecule has 3 rings (SSSR count). The Morgan fingerprint density at radius 2 is 2.21 bits per heavy atom. The summed E-state index contributed by atoms with van der Waals surface area (Å²) >= 11 is 7.88. The maximum absolute atomic E-state index is 12.4. The van der Waals surface area contributed by atoms with Crippen LogP contribution >= 0.6 is 23.4 Å². The summed E-state index contributed by atoms with van der Waals surface area (Å²) in [6, 6.07) is 7.36. The van der Waals surface area contributed by atoms with Crippen LogP contribution in [-0.2, 0) is 16.1 Å². The summed E-state index contributed by atoms with van der Waals surface area (Å²) in [5.74, 6) is 2.21. The Balaban J connectivity index is 1.42. The lowest BCUT2D eigenvalue weighted by Gasteiger charge is -2.19. The number of benzene rings is 1. The third-order valence-electron chi connectivity index (χ3n) is 4.49. The van der Waals surface area contributed by atoms with Gasteiger partial charge in [-0.15, -0.1) is 11.8 Å². The molecule has 2 aliphatic rings. The zero-order valence-corrected chi connectivity index (χ0v) is 15.0. The summed E-state index contributed by atoms with van der Waals surface area (Å²) in [6.07, 6.45) is 1.18. The van der Waals surface area contributed by atoms with Gasteiger partial charge < -0.3 is 15.5 Å². The van der Waals surface area contributed by atoms with Crippen molar-refractivity contribution in [2.75, 3.05) is 24.7 Å². The Morgan fingerprint density at radius 3 is 2.96 bits per heavy atom. The van der Waals surface area contributed by atoms with Gasteiger partial charge in [0, 0.05) is 30.3 Å². The summed E-state index contributed by atoms with van der Waals surface area (Å²) in [5.41, 5.74) is 0.914. The number of thioether (sulfide) groups is 1. The van der Waals surface area contributed by atoms with Crippen molar-refractivity contribution >= 4 is 35.2 Å². The topological polar surface area (TPSA) is 61.4 Å². The molecule has 1 unspecified atom stereocenters. The van der Waals surface area contributed by atoms with E-state index in [4.69, 9.17) is 11.6 Å². The van der Waals surface area contributed by atoms with Gasteiger partial charge in [-0.05, 0) is 30.5 Å². The van der Waals surface area contributed by atoms with Gasteiger partial charge in [0.2, 0.25) is 11.8 Å². The summed E-state index contributed by atoms with van der Waals surface area (Å²) in [5, 5.41) is 6.85. The third-order valence-corrected chi connectivity index (χ3v) is 5.83. The molecule has 0 saturated carbocycles. The number of carbonyl (C=O) groups is 2. The first kappa shape index (κ1) is 17.6. The van der Waals surface area contributed by atoms with Crippen LogP contribution in [0, 0.1) is 5.92 Å². The molecule has 24 heavy (non-hydrogen) atoms. The van der Waals surface area contributed by atoms with Crippen LogP contribution in [0.25, 0.3) is 0 Å². The van der Waals surface area contributed by atoms with E-state index in [-0.39, 0.29) is 23.8 Å². The lowest BCUT2D eigenvalue weighted by Crippen LogP contribution is -2.42. The lowest BCUT2D eigenvalue weighted by atomic mass is 10.0. The molecule has 2 atom stereocenters. The van der Waals surface area contributed by atoms with E-state index in [0.717, 1.165) is 36.7 Å². The predicted octanol–water partition coefficient (Wildman–Crippen LogP) is 1.86. The van der Waals surface area contributed by atoms with Gasteiger partial charge in [0.25, 0.3) is 0 Å². The number of nitrogens with zero attached hydrogens (tertiary/aromatic N) is 1. The first-order valence-electron chi connectivity index (χ1n) is 8.23. The highest BCUT2D eigenvalue weighted by Gasteiger charge is 2.34. The monoisotopic (exact) mass is 367 g/mol. The summed E-state index contributed by atoms with van der Waals surface area (Å²) in [7, 11) is 0. The van der Waals surface area contributed by atoms with Gasteiger partial charge in [-0.25, -0.2) is 0 Å². The number of hydrogen-bond acceptors (Lipinski definition) is 4. The van der Waals surface area contributed by atoms with Gasteiger partial charge in [-0.1, -0.05) is 29.8 Å². The fourth-order valence-electron chi connectivity index (χ4n) is 3.13. The van der Waals surface area contributed by atoms with E-state index in [2.05, 4.69) is 10.6 Å². The van der Waals surface area contributed by atoms with Crippen LogP contribution in [-0.4, -0.2) is 47.5 Å². The van der Waals surface area contributed by atoms with Crippen LogP contribution in [0.3, 0.4) is 0 Å². The van der Waals surface area contributed by atoms with Gasteiger partial charge >= 0.3 is 0 Å². The second kappa shape index (κ2) is 8.23. The highest BCUT2D eigenvalue weighted by Crippen LogP contribution is 2.22. The number of halogens is 1. The standard InChI is InChI=1S/C17H22ClN3O2S/c18-14-4-2-1-3-13(14)10-20-16(22)8-12-7-15(19-9-12)17(23)21-5-6-24-11-21/h1-4,12,15,19H,5-11H2,(H,20,22)/t12?,15-/m0/s1. The number of carbonyl (C=O) groups excluding carboxylic acids is 2. The maximum Gasteiger partial charge on any atom is 0.240 e. The fourth-order valence-corrected chi connectivity index (χ4v) is 4.29. The molecule has 0 radical (unpaired) electrons. The Kier molecular flexibility index (Phi) is 6.03. The zero-order chi connectivity index (χ0) is 16.9. The van der Waals surface area contributed by atoms with E-state index >= 15 is 0 Å². The molecule has 1 aromatic rings. The maximum atomic E-state index is 12.4. The largest absolute Gasteiger partial charge is 0.352 e. The Bertz CT molecular complexity index is 607. The second-order valence-electron chi connectivity index (χ2n) is 6.27. The minimum Gasteiger partial charge on any atom is -0.352 e. The van der Waals surface area contributed by atoms with Gasteiger partial charge in [-0.2, -0.15) is 0 Å². The Labute approximate surface area is 151 Å². The number of amides is 2. The fraction of sp³-hybridized carbons (Fsp3) is 0.529. The molecule has 0 aliphatic carbocycles. The van der Waals surface area contributed by atoms with Gasteiger partial charge in [-0.3, -0.25) is 9.59 Å². The molecule has 0 bridgehead atoms. The molecule has 7 heteroatoms. The molecule has 2 heterocycles. The highest BCUT2D eigenvalue weighted by molar-refractivity contribution is 7.99. The molecule has 130 valence electrons.